The smallest absolute Gasteiger partial charge is 0.0220 e. The van der Waals surface area contributed by atoms with Crippen LogP contribution < -0.4 is 0 Å². The van der Waals surface area contributed by atoms with Crippen LogP contribution in [0.1, 0.15) is 77.0 Å². The molecule has 8 saturated carbocycles. The van der Waals surface area contributed by atoms with Gasteiger partial charge in [0.2, 0.25) is 0 Å². The molecule has 0 saturated heterocycles. The van der Waals surface area contributed by atoms with Gasteiger partial charge < -0.3 is 0 Å². The van der Waals surface area contributed by atoms with E-state index in [9.17, 15) is 0 Å². The Balaban J connectivity index is 1.36. The van der Waals surface area contributed by atoms with Gasteiger partial charge >= 0.3 is 0 Å². The van der Waals surface area contributed by atoms with Gasteiger partial charge in [0.05, 0.1) is 0 Å². The SMILES string of the molecule is CN(C12CC3CC(CC(C3)C1)C2)C12CC3CC(CC(C3)C1)C2. The van der Waals surface area contributed by atoms with Gasteiger partial charge in [-0.25, -0.2) is 0 Å². The molecule has 0 unspecified atom stereocenters. The van der Waals surface area contributed by atoms with Crippen LogP contribution in [0.4, 0.5) is 0 Å². The van der Waals surface area contributed by atoms with Crippen molar-refractivity contribution in [3.63, 3.8) is 0 Å². The van der Waals surface area contributed by atoms with E-state index in [0.29, 0.717) is 11.1 Å². The molecule has 0 aromatic carbocycles. The van der Waals surface area contributed by atoms with E-state index in [1.54, 1.807) is 77.0 Å². The highest BCUT2D eigenvalue weighted by molar-refractivity contribution is 5.14. The Hall–Kier alpha value is -0.0400. The Morgan fingerprint density at radius 1 is 0.500 bits per heavy atom. The van der Waals surface area contributed by atoms with Crippen LogP contribution in [0, 0.1) is 35.5 Å². The maximum atomic E-state index is 3.08. The summed E-state index contributed by atoms with van der Waals surface area (Å²) >= 11 is 0. The van der Waals surface area contributed by atoms with Gasteiger partial charge in [-0.2, -0.15) is 0 Å². The van der Waals surface area contributed by atoms with Gasteiger partial charge in [-0.1, -0.05) is 0 Å². The fourth-order valence-corrected chi connectivity index (χ4v) is 9.45. The van der Waals surface area contributed by atoms with Crippen molar-refractivity contribution in [1.82, 2.24) is 4.90 Å². The molecule has 8 aliphatic carbocycles. The maximum Gasteiger partial charge on any atom is 0.0220 e. The molecule has 0 atom stereocenters. The van der Waals surface area contributed by atoms with Crippen LogP contribution in [0.2, 0.25) is 0 Å². The van der Waals surface area contributed by atoms with Crippen LogP contribution in [0.15, 0.2) is 0 Å². The predicted molar refractivity (Wildman–Crippen MR) is 89.6 cm³/mol. The van der Waals surface area contributed by atoms with Crippen molar-refractivity contribution in [1.29, 1.82) is 0 Å². The first-order chi connectivity index (χ1) is 10.6. The molecule has 8 fully saturated rings. The molecule has 22 heavy (non-hydrogen) atoms. The summed E-state index contributed by atoms with van der Waals surface area (Å²) in [6.07, 6.45) is 18.9. The Morgan fingerprint density at radius 3 is 0.955 bits per heavy atom. The van der Waals surface area contributed by atoms with Crippen LogP contribution in [0.25, 0.3) is 0 Å². The summed E-state index contributed by atoms with van der Waals surface area (Å²) in [4.78, 5) is 3.08. The van der Waals surface area contributed by atoms with Crippen molar-refractivity contribution < 1.29 is 0 Å². The molecule has 122 valence electrons. The largest absolute Gasteiger partial charge is 0.295 e. The second-order valence-electron chi connectivity index (χ2n) is 10.8. The van der Waals surface area contributed by atoms with Gasteiger partial charge in [-0.3, -0.25) is 4.90 Å². The summed E-state index contributed by atoms with van der Waals surface area (Å²) in [5, 5.41) is 0. The first kappa shape index (κ1) is 13.3. The third kappa shape index (κ3) is 1.65. The molecule has 0 N–H and O–H groups in total. The average Bonchev–Trinajstić information content (AvgIpc) is 2.43. The lowest BCUT2D eigenvalue weighted by atomic mass is 9.49. The van der Waals surface area contributed by atoms with Crippen molar-refractivity contribution in [2.75, 3.05) is 7.05 Å². The van der Waals surface area contributed by atoms with Crippen molar-refractivity contribution in [3.8, 4) is 0 Å². The Morgan fingerprint density at radius 2 is 0.727 bits per heavy atom. The van der Waals surface area contributed by atoms with Crippen molar-refractivity contribution >= 4 is 0 Å². The van der Waals surface area contributed by atoms with Crippen LogP contribution in [0.3, 0.4) is 0 Å². The molecule has 0 amide bonds. The third-order valence-electron chi connectivity index (χ3n) is 9.43. The van der Waals surface area contributed by atoms with E-state index >= 15 is 0 Å². The van der Waals surface area contributed by atoms with E-state index in [1.807, 2.05) is 0 Å². The monoisotopic (exact) mass is 299 g/mol. The summed E-state index contributed by atoms with van der Waals surface area (Å²) in [6.45, 7) is 0. The molecular formula is C21H33N. The number of hydrogen-bond acceptors (Lipinski definition) is 1. The number of rotatable bonds is 2. The van der Waals surface area contributed by atoms with Crippen LogP contribution in [-0.2, 0) is 0 Å². The van der Waals surface area contributed by atoms with Gasteiger partial charge in [0.15, 0.2) is 0 Å². The molecule has 0 aliphatic heterocycles. The van der Waals surface area contributed by atoms with Gasteiger partial charge in [0.1, 0.15) is 0 Å². The van der Waals surface area contributed by atoms with E-state index in [0.717, 1.165) is 35.5 Å². The Bertz CT molecular complexity index is 378. The number of nitrogens with zero attached hydrogens (tertiary/aromatic N) is 1. The molecule has 0 aromatic heterocycles. The van der Waals surface area contributed by atoms with Crippen LogP contribution >= 0.6 is 0 Å². The Kier molecular flexibility index (Phi) is 2.49. The molecule has 0 heterocycles. The van der Waals surface area contributed by atoms with E-state index in [4.69, 9.17) is 0 Å². The molecular weight excluding hydrogens is 266 g/mol. The lowest BCUT2D eigenvalue weighted by Gasteiger charge is -2.68. The predicted octanol–water partition coefficient (Wildman–Crippen LogP) is 4.86. The van der Waals surface area contributed by atoms with E-state index in [-0.39, 0.29) is 0 Å². The lowest BCUT2D eigenvalue weighted by molar-refractivity contribution is -0.167. The first-order valence-corrected chi connectivity index (χ1v) is 10.4. The topological polar surface area (TPSA) is 3.24 Å². The minimum atomic E-state index is 0.639. The van der Waals surface area contributed by atoms with E-state index in [1.165, 1.54) is 0 Å². The van der Waals surface area contributed by atoms with Crippen molar-refractivity contribution in [2.24, 2.45) is 35.5 Å². The molecule has 8 bridgehead atoms. The molecule has 0 spiro atoms. The zero-order chi connectivity index (χ0) is 14.5. The third-order valence-corrected chi connectivity index (χ3v) is 9.43. The second-order valence-corrected chi connectivity index (χ2v) is 10.8. The highest BCUT2D eigenvalue weighted by atomic mass is 15.3. The molecule has 1 nitrogen and oxygen atoms in total. The first-order valence-electron chi connectivity index (χ1n) is 10.4. The highest BCUT2D eigenvalue weighted by Gasteiger charge is 2.60. The molecule has 0 radical (unpaired) electrons. The zero-order valence-electron chi connectivity index (χ0n) is 14.4. The van der Waals surface area contributed by atoms with Crippen molar-refractivity contribution in [2.45, 2.75) is 88.1 Å². The zero-order valence-corrected chi connectivity index (χ0v) is 14.4. The second kappa shape index (κ2) is 4.13. The fraction of sp³-hybridized carbons (Fsp3) is 1.00. The normalized spacial score (nSPS) is 61.4. The van der Waals surface area contributed by atoms with Gasteiger partial charge in [-0.05, 0) is 120 Å². The highest BCUT2D eigenvalue weighted by Crippen LogP contribution is 2.63. The molecule has 8 rings (SSSR count). The summed E-state index contributed by atoms with van der Waals surface area (Å²) in [6, 6.07) is 0. The van der Waals surface area contributed by atoms with Gasteiger partial charge in [-0.15, -0.1) is 0 Å². The summed E-state index contributed by atoms with van der Waals surface area (Å²) < 4.78 is 0. The quantitative estimate of drug-likeness (QED) is 0.704. The standard InChI is InChI=1S/C21H33N/c1-22(20-8-14-2-15(9-20)4-16(3-14)10-20)21-11-17-5-18(12-21)7-19(6-17)13-21/h14-19H,2-13H2,1H3. The average molecular weight is 300 g/mol. The summed E-state index contributed by atoms with van der Waals surface area (Å²) in [7, 11) is 2.60. The summed E-state index contributed by atoms with van der Waals surface area (Å²) in [5.74, 6) is 6.60. The van der Waals surface area contributed by atoms with Crippen LogP contribution in [-0.4, -0.2) is 23.0 Å². The van der Waals surface area contributed by atoms with Crippen LogP contribution in [0.5, 0.6) is 0 Å². The summed E-state index contributed by atoms with van der Waals surface area (Å²) in [5.41, 5.74) is 1.28. The number of hydrogen-bond donors (Lipinski definition) is 0. The van der Waals surface area contributed by atoms with Gasteiger partial charge in [0, 0.05) is 11.1 Å². The maximum absolute atomic E-state index is 3.08. The fourth-order valence-electron chi connectivity index (χ4n) is 9.45. The minimum Gasteiger partial charge on any atom is -0.295 e. The molecule has 0 aromatic rings. The van der Waals surface area contributed by atoms with Crippen molar-refractivity contribution in [3.05, 3.63) is 0 Å². The Labute approximate surface area is 136 Å². The minimum absolute atomic E-state index is 0.639. The van der Waals surface area contributed by atoms with E-state index in [2.05, 4.69) is 11.9 Å². The molecule has 8 aliphatic rings. The van der Waals surface area contributed by atoms with E-state index < -0.39 is 0 Å². The molecule has 1 heteroatoms. The lowest BCUT2D eigenvalue weighted by Crippen LogP contribution is -2.69. The van der Waals surface area contributed by atoms with Gasteiger partial charge in [0.25, 0.3) is 0 Å².